The van der Waals surface area contributed by atoms with E-state index in [1.165, 1.54) is 60.6 Å². The second-order valence-corrected chi connectivity index (χ2v) is 7.64. The molecular weight excluding hydrogens is 324 g/mol. The number of aryl methyl sites for hydroxylation is 1. The fraction of sp³-hybridized carbons (Fsp3) is 0.435. The lowest BCUT2D eigenvalue weighted by molar-refractivity contribution is 0.108. The molecule has 25 heavy (non-hydrogen) atoms. The monoisotopic (exact) mass is 354 g/mol. The molecule has 0 radical (unpaired) electrons. The third kappa shape index (κ3) is 6.70. The maximum atomic E-state index is 12.2. The first-order valence-corrected chi connectivity index (χ1v) is 10.6. The van der Waals surface area contributed by atoms with Gasteiger partial charge in [0.1, 0.15) is 0 Å². The van der Waals surface area contributed by atoms with Gasteiger partial charge in [0, 0.05) is 11.3 Å². The van der Waals surface area contributed by atoms with E-state index in [1.54, 1.807) is 0 Å². The third-order valence-corrected chi connectivity index (χ3v) is 5.45. The average Bonchev–Trinajstić information content (AvgIpc) is 2.66. The zero-order chi connectivity index (χ0) is 17.9. The Labute approximate surface area is 157 Å². The van der Waals surface area contributed by atoms with Crippen LogP contribution in [0.4, 0.5) is 0 Å². The summed E-state index contributed by atoms with van der Waals surface area (Å²) in [4.78, 5) is 12.2. The minimum Gasteiger partial charge on any atom is -0.282 e. The van der Waals surface area contributed by atoms with Crippen LogP contribution in [0.3, 0.4) is 0 Å². The first kappa shape index (κ1) is 19.8. The van der Waals surface area contributed by atoms with E-state index in [0.717, 1.165) is 24.2 Å². The van der Waals surface area contributed by atoms with Crippen LogP contribution in [0, 0.1) is 0 Å². The molecule has 0 unspecified atom stereocenters. The van der Waals surface area contributed by atoms with Crippen molar-refractivity contribution >= 4 is 16.9 Å². The number of rotatable bonds is 10. The molecule has 0 N–H and O–H groups in total. The van der Waals surface area contributed by atoms with E-state index in [0.29, 0.717) is 0 Å². The maximum Gasteiger partial charge on any atom is 0.219 e. The number of hydrogen-bond donors (Lipinski definition) is 0. The summed E-state index contributed by atoms with van der Waals surface area (Å²) in [6, 6.07) is 16.9. The highest BCUT2D eigenvalue weighted by atomic mass is 32.2. The van der Waals surface area contributed by atoms with Gasteiger partial charge >= 0.3 is 0 Å². The van der Waals surface area contributed by atoms with Gasteiger partial charge in [-0.1, -0.05) is 87.7 Å². The Bertz CT molecular complexity index is 628. The molecule has 0 aliphatic carbocycles. The van der Waals surface area contributed by atoms with Crippen molar-refractivity contribution < 1.29 is 4.79 Å². The van der Waals surface area contributed by atoms with Crippen LogP contribution < -0.4 is 0 Å². The maximum absolute atomic E-state index is 12.2. The Hall–Kier alpha value is -1.54. The molecule has 2 aromatic carbocycles. The van der Waals surface area contributed by atoms with Gasteiger partial charge in [-0.25, -0.2) is 0 Å². The number of carbonyl (C=O) groups is 1. The molecule has 0 amide bonds. The third-order valence-electron chi connectivity index (χ3n) is 4.46. The normalized spacial score (nSPS) is 10.8. The molecule has 0 bridgehead atoms. The summed E-state index contributed by atoms with van der Waals surface area (Å²) in [7, 11) is 0. The van der Waals surface area contributed by atoms with Crippen molar-refractivity contribution in [2.75, 3.05) is 5.75 Å². The molecule has 1 nitrogen and oxygen atoms in total. The molecule has 2 aromatic rings. The van der Waals surface area contributed by atoms with Crippen molar-refractivity contribution in [1.82, 2.24) is 0 Å². The van der Waals surface area contributed by atoms with Crippen molar-refractivity contribution in [2.45, 2.75) is 58.8 Å². The molecule has 0 atom stereocenters. The predicted octanol–water partition coefficient (Wildman–Crippen LogP) is 7.15. The van der Waals surface area contributed by atoms with E-state index in [9.17, 15) is 4.79 Å². The topological polar surface area (TPSA) is 17.1 Å². The fourth-order valence-electron chi connectivity index (χ4n) is 2.84. The largest absolute Gasteiger partial charge is 0.282 e. The van der Waals surface area contributed by atoms with Crippen molar-refractivity contribution in [3.05, 3.63) is 59.7 Å². The summed E-state index contributed by atoms with van der Waals surface area (Å²) in [6.07, 6.45) is 8.51. The lowest BCUT2D eigenvalue weighted by Crippen LogP contribution is -1.95. The molecule has 0 saturated carbocycles. The van der Waals surface area contributed by atoms with Gasteiger partial charge in [0.25, 0.3) is 0 Å². The van der Waals surface area contributed by atoms with E-state index in [1.807, 2.05) is 12.1 Å². The number of hydrogen-bond acceptors (Lipinski definition) is 2. The van der Waals surface area contributed by atoms with Crippen LogP contribution in [0.2, 0.25) is 0 Å². The minimum atomic E-state index is 0.189. The number of carbonyl (C=O) groups excluding carboxylic acids is 1. The van der Waals surface area contributed by atoms with Crippen LogP contribution in [0.15, 0.2) is 48.5 Å². The summed E-state index contributed by atoms with van der Waals surface area (Å²) in [6.45, 7) is 4.42. The van der Waals surface area contributed by atoms with Crippen LogP contribution in [0.5, 0.6) is 0 Å². The van der Waals surface area contributed by atoms with Crippen molar-refractivity contribution in [1.29, 1.82) is 0 Å². The van der Waals surface area contributed by atoms with Gasteiger partial charge in [0.2, 0.25) is 5.12 Å². The van der Waals surface area contributed by atoms with Crippen molar-refractivity contribution in [3.63, 3.8) is 0 Å². The Balaban J connectivity index is 1.91. The first-order chi connectivity index (χ1) is 12.2. The summed E-state index contributed by atoms with van der Waals surface area (Å²) < 4.78 is 0. The summed E-state index contributed by atoms with van der Waals surface area (Å²) >= 11 is 1.44. The Morgan fingerprint density at radius 1 is 0.760 bits per heavy atom. The zero-order valence-electron chi connectivity index (χ0n) is 15.6. The van der Waals surface area contributed by atoms with Gasteiger partial charge in [-0.05, 0) is 48.1 Å². The van der Waals surface area contributed by atoms with Crippen molar-refractivity contribution in [2.24, 2.45) is 0 Å². The van der Waals surface area contributed by atoms with Crippen molar-refractivity contribution in [3.8, 4) is 11.1 Å². The molecule has 2 rings (SSSR count). The van der Waals surface area contributed by atoms with Gasteiger partial charge in [0.05, 0.1) is 0 Å². The van der Waals surface area contributed by atoms with E-state index < -0.39 is 0 Å². The van der Waals surface area contributed by atoms with Crippen LogP contribution in [-0.4, -0.2) is 10.9 Å². The molecule has 0 aliphatic rings. The SMILES string of the molecule is CCCCCSC(=O)c1ccc(-c2ccc(CCCCC)cc2)cc1. The van der Waals surface area contributed by atoms with Crippen LogP contribution in [0.25, 0.3) is 11.1 Å². The highest BCUT2D eigenvalue weighted by molar-refractivity contribution is 8.14. The Morgan fingerprint density at radius 3 is 1.92 bits per heavy atom. The van der Waals surface area contributed by atoms with E-state index in [4.69, 9.17) is 0 Å². The number of unbranched alkanes of at least 4 members (excludes halogenated alkanes) is 4. The van der Waals surface area contributed by atoms with E-state index in [-0.39, 0.29) is 5.12 Å². The zero-order valence-corrected chi connectivity index (χ0v) is 16.4. The van der Waals surface area contributed by atoms with Gasteiger partial charge in [-0.2, -0.15) is 0 Å². The highest BCUT2D eigenvalue weighted by Gasteiger charge is 2.07. The Morgan fingerprint density at radius 2 is 1.32 bits per heavy atom. The molecule has 0 aromatic heterocycles. The fourth-order valence-corrected chi connectivity index (χ4v) is 3.68. The lowest BCUT2D eigenvalue weighted by atomic mass is 10.0. The first-order valence-electron chi connectivity index (χ1n) is 9.61. The highest BCUT2D eigenvalue weighted by Crippen LogP contribution is 2.23. The quantitative estimate of drug-likeness (QED) is 0.421. The number of benzene rings is 2. The summed E-state index contributed by atoms with van der Waals surface area (Å²) in [5.74, 6) is 0.925. The summed E-state index contributed by atoms with van der Waals surface area (Å²) in [5, 5.41) is 0.189. The van der Waals surface area contributed by atoms with Gasteiger partial charge in [-0.3, -0.25) is 4.79 Å². The van der Waals surface area contributed by atoms with E-state index in [2.05, 4.69) is 50.2 Å². The van der Waals surface area contributed by atoms with Gasteiger partial charge in [0.15, 0.2) is 0 Å². The molecule has 134 valence electrons. The minimum absolute atomic E-state index is 0.189. The summed E-state index contributed by atoms with van der Waals surface area (Å²) in [5.41, 5.74) is 4.61. The molecule has 0 fully saturated rings. The lowest BCUT2D eigenvalue weighted by Gasteiger charge is -2.06. The predicted molar refractivity (Wildman–Crippen MR) is 111 cm³/mol. The smallest absolute Gasteiger partial charge is 0.219 e. The molecule has 2 heteroatoms. The van der Waals surface area contributed by atoms with Crippen LogP contribution in [-0.2, 0) is 6.42 Å². The number of thioether (sulfide) groups is 1. The standard InChI is InChI=1S/C23H30OS/c1-3-5-7-9-19-10-12-20(13-11-19)21-14-16-22(17-15-21)23(24)25-18-8-6-4-2/h10-17H,3-9,18H2,1-2H3. The molecular formula is C23H30OS. The van der Waals surface area contributed by atoms with E-state index >= 15 is 0 Å². The van der Waals surface area contributed by atoms with Crippen LogP contribution in [0.1, 0.15) is 68.3 Å². The second kappa shape index (κ2) is 11.1. The molecule has 0 heterocycles. The Kier molecular flexibility index (Phi) is 8.82. The van der Waals surface area contributed by atoms with Crippen LogP contribution >= 0.6 is 11.8 Å². The molecule has 0 saturated heterocycles. The molecule has 0 spiro atoms. The second-order valence-electron chi connectivity index (χ2n) is 6.57. The average molecular weight is 355 g/mol. The van der Waals surface area contributed by atoms with Gasteiger partial charge < -0.3 is 0 Å². The van der Waals surface area contributed by atoms with Gasteiger partial charge in [-0.15, -0.1) is 0 Å². The molecule has 0 aliphatic heterocycles.